The van der Waals surface area contributed by atoms with Gasteiger partial charge in [-0.1, -0.05) is 25.8 Å². The fraction of sp³-hybridized carbons (Fsp3) is 0.692. The van der Waals surface area contributed by atoms with Crippen LogP contribution in [-0.2, 0) is 10.2 Å². The number of hydrogen-bond acceptors (Lipinski definition) is 4. The fourth-order valence-corrected chi connectivity index (χ4v) is 6.88. The third-order valence-electron chi connectivity index (χ3n) is 9.02. The van der Waals surface area contributed by atoms with Crippen LogP contribution in [0.25, 0.3) is 0 Å². The van der Waals surface area contributed by atoms with Crippen LogP contribution in [0.5, 0.6) is 0 Å². The van der Waals surface area contributed by atoms with Crippen LogP contribution in [0.3, 0.4) is 0 Å². The molecule has 3 atom stereocenters. The number of nitrogens with zero attached hydrogens (tertiary/aromatic N) is 3. The van der Waals surface area contributed by atoms with Crippen LogP contribution in [0.15, 0.2) is 36.7 Å². The van der Waals surface area contributed by atoms with Crippen LogP contribution in [0.4, 0.5) is 0 Å². The highest BCUT2D eigenvalue weighted by molar-refractivity contribution is 5.21. The van der Waals surface area contributed by atoms with Gasteiger partial charge in [-0.25, -0.2) is 0 Å². The molecule has 0 aromatic carbocycles. The second-order valence-electron chi connectivity index (χ2n) is 11.0. The summed E-state index contributed by atoms with van der Waals surface area (Å²) in [6.45, 7) is 4.32. The van der Waals surface area contributed by atoms with Gasteiger partial charge in [0.25, 0.3) is 0 Å². The number of hydrogen-bond donors (Lipinski definition) is 1. The quantitative estimate of drug-likeness (QED) is 0.706. The van der Waals surface area contributed by atoms with E-state index in [-0.39, 0.29) is 11.0 Å². The largest absolute Gasteiger partial charge is 0.375 e. The molecule has 1 saturated heterocycles. The maximum absolute atomic E-state index is 6.42. The summed E-state index contributed by atoms with van der Waals surface area (Å²) < 4.78 is 8.74. The van der Waals surface area contributed by atoms with Gasteiger partial charge in [-0.15, -0.1) is 0 Å². The molecule has 3 fully saturated rings. The van der Waals surface area contributed by atoms with Gasteiger partial charge in [0, 0.05) is 30.1 Å². The molecular formula is C26H36N4O. The van der Waals surface area contributed by atoms with E-state index >= 15 is 0 Å². The first-order valence-corrected chi connectivity index (χ1v) is 12.4. The number of pyridine rings is 1. The van der Waals surface area contributed by atoms with Gasteiger partial charge < -0.3 is 10.1 Å². The average Bonchev–Trinajstić information content (AvgIpc) is 3.16. The zero-order chi connectivity index (χ0) is 20.9. The van der Waals surface area contributed by atoms with E-state index in [2.05, 4.69) is 35.1 Å². The van der Waals surface area contributed by atoms with Crippen molar-refractivity contribution in [3.8, 4) is 0 Å². The number of nitrogens with one attached hydrogen (secondary N) is 1. The van der Waals surface area contributed by atoms with E-state index in [4.69, 9.17) is 14.8 Å². The zero-order valence-electron chi connectivity index (χ0n) is 18.9. The van der Waals surface area contributed by atoms with Crippen LogP contribution >= 0.6 is 0 Å². The molecule has 0 radical (unpaired) electrons. The minimum absolute atomic E-state index is 0.0907. The second kappa shape index (κ2) is 7.41. The van der Waals surface area contributed by atoms with E-state index in [1.54, 1.807) is 0 Å². The van der Waals surface area contributed by atoms with Crippen molar-refractivity contribution in [2.75, 3.05) is 13.2 Å². The van der Waals surface area contributed by atoms with Crippen molar-refractivity contribution >= 4 is 0 Å². The van der Waals surface area contributed by atoms with Crippen molar-refractivity contribution in [1.82, 2.24) is 20.1 Å². The summed E-state index contributed by atoms with van der Waals surface area (Å²) in [6, 6.07) is 9.65. The topological polar surface area (TPSA) is 52.0 Å². The lowest BCUT2D eigenvalue weighted by atomic mass is 9.68. The normalized spacial score (nSPS) is 32.9. The Hall–Kier alpha value is -1.72. The lowest BCUT2D eigenvalue weighted by Gasteiger charge is -2.46. The smallest absolute Gasteiger partial charge is 0.0691 e. The Labute approximate surface area is 186 Å². The molecule has 2 aromatic rings. The second-order valence-corrected chi connectivity index (χ2v) is 11.0. The summed E-state index contributed by atoms with van der Waals surface area (Å²) in [5, 5.41) is 8.64. The SMILES string of the molecule is CC1([C@@H]2C[C@@H](NCC[C@@]3(c4ccccn4)CCOC4(CCCC4)C3)c3ccnn32)CC1. The zero-order valence-corrected chi connectivity index (χ0v) is 18.9. The summed E-state index contributed by atoms with van der Waals surface area (Å²) in [6.07, 6.45) is 16.2. The molecule has 166 valence electrons. The predicted molar refractivity (Wildman–Crippen MR) is 121 cm³/mol. The molecule has 5 nitrogen and oxygen atoms in total. The third kappa shape index (κ3) is 3.45. The molecular weight excluding hydrogens is 384 g/mol. The fourth-order valence-electron chi connectivity index (χ4n) is 6.88. The Morgan fingerprint density at radius 2 is 1.97 bits per heavy atom. The predicted octanol–water partition coefficient (Wildman–Crippen LogP) is 5.11. The van der Waals surface area contributed by atoms with Gasteiger partial charge in [-0.2, -0.15) is 5.10 Å². The van der Waals surface area contributed by atoms with Gasteiger partial charge in [0.15, 0.2) is 0 Å². The molecule has 1 N–H and O–H groups in total. The lowest BCUT2D eigenvalue weighted by Crippen LogP contribution is -2.47. The van der Waals surface area contributed by atoms with Gasteiger partial charge in [0.1, 0.15) is 0 Å². The molecule has 2 saturated carbocycles. The van der Waals surface area contributed by atoms with E-state index in [0.29, 0.717) is 17.5 Å². The molecule has 4 heterocycles. The maximum atomic E-state index is 6.42. The van der Waals surface area contributed by atoms with Gasteiger partial charge in [-0.05, 0) is 81.5 Å². The molecule has 31 heavy (non-hydrogen) atoms. The van der Waals surface area contributed by atoms with E-state index in [1.807, 2.05) is 18.5 Å². The first-order valence-electron chi connectivity index (χ1n) is 12.4. The summed E-state index contributed by atoms with van der Waals surface area (Å²) in [4.78, 5) is 4.86. The molecule has 0 unspecified atom stereocenters. The van der Waals surface area contributed by atoms with Crippen LogP contribution in [0.1, 0.15) is 94.6 Å². The highest BCUT2D eigenvalue weighted by atomic mass is 16.5. The Morgan fingerprint density at radius 3 is 2.74 bits per heavy atom. The van der Waals surface area contributed by atoms with Crippen LogP contribution in [0, 0.1) is 5.41 Å². The standard InChI is InChI=1S/C26H36N4O/c1-24(10-11-24)23-18-20(21-7-15-29-30(21)23)27-16-12-25(22-6-2-5-14-28-22)13-17-31-26(19-25)8-3-4-9-26/h2,5-7,14-15,20,23,27H,3-4,8-13,16-19H2,1H3/t20-,23+,25-/m1/s1. The van der Waals surface area contributed by atoms with Crippen molar-refractivity contribution < 1.29 is 4.74 Å². The first kappa shape index (κ1) is 19.9. The van der Waals surface area contributed by atoms with Gasteiger partial charge >= 0.3 is 0 Å². The maximum Gasteiger partial charge on any atom is 0.0691 e. The molecule has 2 aliphatic heterocycles. The van der Waals surface area contributed by atoms with Gasteiger partial charge in [0.05, 0.1) is 23.4 Å². The van der Waals surface area contributed by atoms with E-state index in [9.17, 15) is 0 Å². The average molecular weight is 421 g/mol. The Kier molecular flexibility index (Phi) is 4.77. The lowest BCUT2D eigenvalue weighted by molar-refractivity contribution is -0.104. The van der Waals surface area contributed by atoms with E-state index in [1.165, 1.54) is 56.3 Å². The number of aromatic nitrogens is 3. The van der Waals surface area contributed by atoms with Crippen molar-refractivity contribution in [2.45, 2.75) is 94.2 Å². The van der Waals surface area contributed by atoms with Crippen molar-refractivity contribution in [3.05, 3.63) is 48.0 Å². The minimum atomic E-state index is 0.0907. The Balaban J connectivity index is 1.19. The van der Waals surface area contributed by atoms with Crippen molar-refractivity contribution in [2.24, 2.45) is 5.41 Å². The minimum Gasteiger partial charge on any atom is -0.375 e. The molecule has 1 spiro atoms. The highest BCUT2D eigenvalue weighted by Gasteiger charge is 2.51. The summed E-state index contributed by atoms with van der Waals surface area (Å²) in [5.41, 5.74) is 3.32. The van der Waals surface area contributed by atoms with E-state index in [0.717, 1.165) is 32.4 Å². The molecule has 2 aromatic heterocycles. The van der Waals surface area contributed by atoms with E-state index < -0.39 is 0 Å². The number of ether oxygens (including phenoxy) is 1. The molecule has 2 aliphatic carbocycles. The highest BCUT2D eigenvalue weighted by Crippen LogP contribution is 2.58. The monoisotopic (exact) mass is 420 g/mol. The van der Waals surface area contributed by atoms with Gasteiger partial charge in [0.2, 0.25) is 0 Å². The summed E-state index contributed by atoms with van der Waals surface area (Å²) in [7, 11) is 0. The molecule has 6 rings (SSSR count). The van der Waals surface area contributed by atoms with Gasteiger partial charge in [-0.3, -0.25) is 9.67 Å². The molecule has 0 amide bonds. The van der Waals surface area contributed by atoms with Crippen LogP contribution in [0.2, 0.25) is 0 Å². The first-order chi connectivity index (χ1) is 15.1. The van der Waals surface area contributed by atoms with Crippen molar-refractivity contribution in [3.63, 3.8) is 0 Å². The molecule has 4 aliphatic rings. The van der Waals surface area contributed by atoms with Crippen LogP contribution in [-0.4, -0.2) is 33.5 Å². The summed E-state index contributed by atoms with van der Waals surface area (Å²) in [5.74, 6) is 0. The Morgan fingerprint density at radius 1 is 1.10 bits per heavy atom. The Bertz CT molecular complexity index is 914. The van der Waals surface area contributed by atoms with Crippen LogP contribution < -0.4 is 5.32 Å². The van der Waals surface area contributed by atoms with Crippen molar-refractivity contribution in [1.29, 1.82) is 0 Å². The summed E-state index contributed by atoms with van der Waals surface area (Å²) >= 11 is 0. The number of fused-ring (bicyclic) bond motifs is 1. The number of rotatable bonds is 6. The third-order valence-corrected chi connectivity index (χ3v) is 9.02. The molecule has 0 bridgehead atoms. The molecule has 5 heteroatoms.